The highest BCUT2D eigenvalue weighted by Gasteiger charge is 2.27. The first kappa shape index (κ1) is 11.7. The monoisotopic (exact) mass is 234 g/mol. The Kier molecular flexibility index (Phi) is 3.70. The van der Waals surface area contributed by atoms with Gasteiger partial charge in [-0.2, -0.15) is 0 Å². The van der Waals surface area contributed by atoms with Gasteiger partial charge in [-0.05, 0) is 35.1 Å². The van der Waals surface area contributed by atoms with Crippen LogP contribution in [0.15, 0.2) is 29.8 Å². The minimum atomic E-state index is 0.123. The van der Waals surface area contributed by atoms with Gasteiger partial charge in [0.2, 0.25) is 0 Å². The quantitative estimate of drug-likeness (QED) is 0.618. The second kappa shape index (κ2) is 5.05. The van der Waals surface area contributed by atoms with Crippen LogP contribution in [0.4, 0.5) is 0 Å². The summed E-state index contributed by atoms with van der Waals surface area (Å²) in [4.78, 5) is 0. The van der Waals surface area contributed by atoms with E-state index >= 15 is 0 Å². The van der Waals surface area contributed by atoms with E-state index in [1.54, 1.807) is 0 Å². The van der Waals surface area contributed by atoms with E-state index < -0.39 is 0 Å². The van der Waals surface area contributed by atoms with Gasteiger partial charge in [0.25, 0.3) is 0 Å². The van der Waals surface area contributed by atoms with Gasteiger partial charge < -0.3 is 0 Å². The predicted molar refractivity (Wildman–Crippen MR) is 71.8 cm³/mol. The lowest BCUT2D eigenvalue weighted by atomic mass is 9.99. The van der Waals surface area contributed by atoms with Crippen LogP contribution in [0.5, 0.6) is 0 Å². The molecule has 0 heterocycles. The summed E-state index contributed by atoms with van der Waals surface area (Å²) in [5.74, 6) is 0. The number of benzene rings is 1. The minimum absolute atomic E-state index is 0.123. The van der Waals surface area contributed by atoms with E-state index in [1.807, 2.05) is 0 Å². The van der Waals surface area contributed by atoms with Crippen LogP contribution in [-0.4, -0.2) is 0 Å². The Morgan fingerprint density at radius 1 is 1.06 bits per heavy atom. The molecule has 0 fully saturated rings. The Hall–Kier alpha value is -0.750. The Labute approximate surface area is 103 Å². The molecule has 1 aromatic rings. The molecule has 1 atom stereocenters. The molecule has 0 amide bonds. The topological polar surface area (TPSA) is 0 Å². The molecular formula is C15H19Cl. The Morgan fingerprint density at radius 3 is 2.44 bits per heavy atom. The normalized spacial score (nSPS) is 19.1. The first-order valence-electron chi connectivity index (χ1n) is 6.24. The molecule has 0 aromatic heterocycles. The Balaban J connectivity index is 2.44. The van der Waals surface area contributed by atoms with Crippen molar-refractivity contribution in [2.45, 2.75) is 44.9 Å². The number of hydrogen-bond acceptors (Lipinski definition) is 0. The average molecular weight is 235 g/mol. The molecule has 0 radical (unpaired) electrons. The zero-order valence-electron chi connectivity index (χ0n) is 10.1. The van der Waals surface area contributed by atoms with Crippen LogP contribution in [-0.2, 0) is 0 Å². The third-order valence-electron chi connectivity index (χ3n) is 3.27. The van der Waals surface area contributed by atoms with E-state index in [9.17, 15) is 0 Å². The van der Waals surface area contributed by atoms with Crippen LogP contribution >= 0.6 is 11.6 Å². The summed E-state index contributed by atoms with van der Waals surface area (Å²) in [7, 11) is 0. The molecule has 0 nitrogen and oxygen atoms in total. The molecule has 0 N–H and O–H groups in total. The fourth-order valence-electron chi connectivity index (χ4n) is 2.60. The van der Waals surface area contributed by atoms with Crippen molar-refractivity contribution >= 4 is 17.2 Å². The maximum absolute atomic E-state index is 6.56. The van der Waals surface area contributed by atoms with Crippen LogP contribution in [0, 0.1) is 0 Å². The van der Waals surface area contributed by atoms with Crippen LogP contribution in [0.3, 0.4) is 0 Å². The lowest BCUT2D eigenvalue weighted by Gasteiger charge is -2.08. The van der Waals surface area contributed by atoms with E-state index in [4.69, 9.17) is 11.6 Å². The van der Waals surface area contributed by atoms with Crippen LogP contribution < -0.4 is 0 Å². The van der Waals surface area contributed by atoms with E-state index in [2.05, 4.69) is 38.1 Å². The molecule has 2 rings (SSSR count). The van der Waals surface area contributed by atoms with E-state index in [-0.39, 0.29) is 5.38 Å². The van der Waals surface area contributed by atoms with Gasteiger partial charge in [-0.3, -0.25) is 0 Å². The lowest BCUT2D eigenvalue weighted by Crippen LogP contribution is -1.90. The largest absolute Gasteiger partial charge is 0.113 e. The molecular weight excluding hydrogens is 216 g/mol. The molecule has 1 aliphatic rings. The number of allylic oxidation sites excluding steroid dienone is 2. The zero-order valence-corrected chi connectivity index (χ0v) is 10.8. The molecule has 0 bridgehead atoms. The van der Waals surface area contributed by atoms with Crippen LogP contribution in [0.2, 0.25) is 0 Å². The van der Waals surface area contributed by atoms with Gasteiger partial charge in [0.15, 0.2) is 0 Å². The smallest absolute Gasteiger partial charge is 0.0807 e. The van der Waals surface area contributed by atoms with Gasteiger partial charge in [-0.25, -0.2) is 0 Å². The minimum Gasteiger partial charge on any atom is -0.113 e. The number of rotatable bonds is 4. The summed E-state index contributed by atoms with van der Waals surface area (Å²) in [6.45, 7) is 4.46. The Bertz CT molecular complexity index is 404. The Morgan fingerprint density at radius 2 is 1.75 bits per heavy atom. The van der Waals surface area contributed by atoms with Crippen molar-refractivity contribution in [2.75, 3.05) is 0 Å². The standard InChI is InChI=1S/C15H19Cl/c1-3-7-11-12-9-5-6-10-14(12)15(16)13(11)8-4-2/h5-6,9-10,15H,3-4,7-8H2,1-2H3. The van der Waals surface area contributed by atoms with Crippen molar-refractivity contribution in [3.63, 3.8) is 0 Å². The summed E-state index contributed by atoms with van der Waals surface area (Å²) in [6, 6.07) is 8.60. The van der Waals surface area contributed by atoms with E-state index in [0.29, 0.717) is 0 Å². The second-order valence-corrected chi connectivity index (χ2v) is 4.89. The fourth-order valence-corrected chi connectivity index (χ4v) is 3.03. The van der Waals surface area contributed by atoms with Gasteiger partial charge in [0, 0.05) is 0 Å². The van der Waals surface area contributed by atoms with Gasteiger partial charge in [-0.1, -0.05) is 51.0 Å². The lowest BCUT2D eigenvalue weighted by molar-refractivity contribution is 0.862. The predicted octanol–water partition coefficient (Wildman–Crippen LogP) is 5.33. The molecule has 86 valence electrons. The summed E-state index contributed by atoms with van der Waals surface area (Å²) < 4.78 is 0. The molecule has 0 saturated carbocycles. The maximum Gasteiger partial charge on any atom is 0.0807 e. The highest BCUT2D eigenvalue weighted by atomic mass is 35.5. The van der Waals surface area contributed by atoms with Crippen molar-refractivity contribution in [3.05, 3.63) is 41.0 Å². The van der Waals surface area contributed by atoms with Gasteiger partial charge in [0.1, 0.15) is 0 Å². The molecule has 0 spiro atoms. The molecule has 0 saturated heterocycles. The average Bonchev–Trinajstić information content (AvgIpc) is 2.57. The van der Waals surface area contributed by atoms with Crippen molar-refractivity contribution in [1.29, 1.82) is 0 Å². The summed E-state index contributed by atoms with van der Waals surface area (Å²) in [6.07, 6.45) is 4.67. The highest BCUT2D eigenvalue weighted by Crippen LogP contribution is 2.47. The third-order valence-corrected chi connectivity index (χ3v) is 3.77. The molecule has 16 heavy (non-hydrogen) atoms. The van der Waals surface area contributed by atoms with E-state index in [1.165, 1.54) is 35.1 Å². The van der Waals surface area contributed by atoms with Crippen molar-refractivity contribution < 1.29 is 0 Å². The third kappa shape index (κ3) is 1.91. The molecule has 1 heteroatoms. The van der Waals surface area contributed by atoms with Crippen LogP contribution in [0.1, 0.15) is 56.0 Å². The van der Waals surface area contributed by atoms with Crippen LogP contribution in [0.25, 0.3) is 5.57 Å². The van der Waals surface area contributed by atoms with Gasteiger partial charge in [0.05, 0.1) is 5.38 Å². The molecule has 1 unspecified atom stereocenters. The zero-order chi connectivity index (χ0) is 11.5. The van der Waals surface area contributed by atoms with Gasteiger partial charge in [-0.15, -0.1) is 11.6 Å². The van der Waals surface area contributed by atoms with Crippen molar-refractivity contribution in [1.82, 2.24) is 0 Å². The molecule has 0 aliphatic heterocycles. The summed E-state index contributed by atoms with van der Waals surface area (Å²) >= 11 is 6.56. The maximum atomic E-state index is 6.56. The van der Waals surface area contributed by atoms with Crippen molar-refractivity contribution in [2.24, 2.45) is 0 Å². The van der Waals surface area contributed by atoms with Gasteiger partial charge >= 0.3 is 0 Å². The van der Waals surface area contributed by atoms with E-state index in [0.717, 1.165) is 12.8 Å². The number of fused-ring (bicyclic) bond motifs is 1. The van der Waals surface area contributed by atoms with Crippen molar-refractivity contribution in [3.8, 4) is 0 Å². The highest BCUT2D eigenvalue weighted by molar-refractivity contribution is 6.24. The first-order chi connectivity index (χ1) is 7.79. The summed E-state index contributed by atoms with van der Waals surface area (Å²) in [5, 5.41) is 0.123. The molecule has 1 aliphatic carbocycles. The summed E-state index contributed by atoms with van der Waals surface area (Å²) in [5.41, 5.74) is 5.69. The number of alkyl halides is 1. The molecule has 1 aromatic carbocycles. The number of hydrogen-bond donors (Lipinski definition) is 0. The first-order valence-corrected chi connectivity index (χ1v) is 6.68. The number of halogens is 1. The SMILES string of the molecule is CCCC1=C(CCC)C(Cl)c2ccccc21. The second-order valence-electron chi connectivity index (χ2n) is 4.45. The fraction of sp³-hybridized carbons (Fsp3) is 0.467.